The lowest BCUT2D eigenvalue weighted by atomic mass is 10.2. The van der Waals surface area contributed by atoms with Crippen LogP contribution in [0.4, 0.5) is 0 Å². The van der Waals surface area contributed by atoms with Gasteiger partial charge in [-0.2, -0.15) is 5.10 Å². The second-order valence-corrected chi connectivity index (χ2v) is 5.39. The minimum Gasteiger partial charge on any atom is -0.364 e. The second kappa shape index (κ2) is 4.72. The average Bonchev–Trinajstić information content (AvgIpc) is 2.77. The Morgan fingerprint density at radius 2 is 2.10 bits per heavy atom. The summed E-state index contributed by atoms with van der Waals surface area (Å²) in [5, 5.41) is 5.00. The molecular formula is C14H11BrN4O. The molecule has 6 heteroatoms. The zero-order valence-corrected chi connectivity index (χ0v) is 12.3. The summed E-state index contributed by atoms with van der Waals surface area (Å²) in [7, 11) is 0. The lowest BCUT2D eigenvalue weighted by Gasteiger charge is -2.03. The number of hydrogen-bond donors (Lipinski definition) is 1. The molecule has 0 atom stereocenters. The van der Waals surface area contributed by atoms with Crippen LogP contribution in [0.1, 0.15) is 16.1 Å². The molecule has 5 nitrogen and oxygen atoms in total. The number of rotatable bonds is 2. The van der Waals surface area contributed by atoms with Gasteiger partial charge in [-0.1, -0.05) is 15.9 Å². The van der Waals surface area contributed by atoms with E-state index < -0.39 is 5.91 Å². The first kappa shape index (κ1) is 12.8. The standard InChI is InChI=1S/C14H11BrN4O/c1-8-4-5-17-12(6-8)19-11-3-2-9(15)7-10(11)13(18-19)14(16)20/h2-7H,1H3,(H2,16,20). The van der Waals surface area contributed by atoms with Gasteiger partial charge in [0.2, 0.25) is 0 Å². The molecule has 100 valence electrons. The van der Waals surface area contributed by atoms with E-state index in [0.29, 0.717) is 11.2 Å². The van der Waals surface area contributed by atoms with Crippen LogP contribution in [0, 0.1) is 6.92 Å². The monoisotopic (exact) mass is 330 g/mol. The molecule has 20 heavy (non-hydrogen) atoms. The van der Waals surface area contributed by atoms with E-state index in [1.165, 1.54) is 0 Å². The van der Waals surface area contributed by atoms with Crippen molar-refractivity contribution in [2.75, 3.05) is 0 Å². The normalized spacial score (nSPS) is 10.9. The van der Waals surface area contributed by atoms with Gasteiger partial charge < -0.3 is 5.73 Å². The van der Waals surface area contributed by atoms with E-state index in [-0.39, 0.29) is 5.69 Å². The van der Waals surface area contributed by atoms with Crippen LogP contribution in [-0.2, 0) is 0 Å². The zero-order chi connectivity index (χ0) is 14.3. The molecule has 1 aromatic carbocycles. The number of amides is 1. The summed E-state index contributed by atoms with van der Waals surface area (Å²) in [5.74, 6) is 0.101. The minimum atomic E-state index is -0.556. The lowest BCUT2D eigenvalue weighted by molar-refractivity contribution is 0.0996. The van der Waals surface area contributed by atoms with Gasteiger partial charge >= 0.3 is 0 Å². The summed E-state index contributed by atoms with van der Waals surface area (Å²) in [6.07, 6.45) is 1.71. The molecular weight excluding hydrogens is 320 g/mol. The number of aryl methyl sites for hydroxylation is 1. The van der Waals surface area contributed by atoms with Crippen molar-refractivity contribution in [3.8, 4) is 5.82 Å². The van der Waals surface area contributed by atoms with Crippen molar-refractivity contribution in [3.63, 3.8) is 0 Å². The van der Waals surface area contributed by atoms with Gasteiger partial charge in [0, 0.05) is 16.1 Å². The van der Waals surface area contributed by atoms with Crippen LogP contribution >= 0.6 is 15.9 Å². The molecule has 2 heterocycles. The third kappa shape index (κ3) is 2.08. The van der Waals surface area contributed by atoms with Crippen LogP contribution in [-0.4, -0.2) is 20.7 Å². The van der Waals surface area contributed by atoms with Crippen molar-refractivity contribution in [3.05, 3.63) is 52.3 Å². The third-order valence-electron chi connectivity index (χ3n) is 2.99. The Bertz CT molecular complexity index is 825. The largest absolute Gasteiger partial charge is 0.364 e. The van der Waals surface area contributed by atoms with Crippen LogP contribution in [0.2, 0.25) is 0 Å². The smallest absolute Gasteiger partial charge is 0.269 e. The maximum Gasteiger partial charge on any atom is 0.269 e. The Kier molecular flexibility index (Phi) is 3.02. The molecule has 0 aliphatic heterocycles. The average molecular weight is 331 g/mol. The first-order valence-corrected chi connectivity index (χ1v) is 6.76. The van der Waals surface area contributed by atoms with E-state index in [1.807, 2.05) is 37.3 Å². The van der Waals surface area contributed by atoms with Crippen LogP contribution in [0.25, 0.3) is 16.7 Å². The zero-order valence-electron chi connectivity index (χ0n) is 10.7. The fourth-order valence-corrected chi connectivity index (χ4v) is 2.44. The summed E-state index contributed by atoms with van der Waals surface area (Å²) in [5.41, 5.74) is 7.50. The minimum absolute atomic E-state index is 0.240. The summed E-state index contributed by atoms with van der Waals surface area (Å²) in [6, 6.07) is 9.40. The van der Waals surface area contributed by atoms with E-state index in [4.69, 9.17) is 5.73 Å². The van der Waals surface area contributed by atoms with Crippen molar-refractivity contribution in [2.24, 2.45) is 5.73 Å². The first-order chi connectivity index (χ1) is 9.56. The quantitative estimate of drug-likeness (QED) is 0.784. The molecule has 2 aromatic heterocycles. The molecule has 3 aromatic rings. The fraction of sp³-hybridized carbons (Fsp3) is 0.0714. The molecule has 0 radical (unpaired) electrons. The molecule has 0 aliphatic rings. The van der Waals surface area contributed by atoms with E-state index in [0.717, 1.165) is 15.6 Å². The summed E-state index contributed by atoms with van der Waals surface area (Å²) in [4.78, 5) is 15.8. The van der Waals surface area contributed by atoms with Crippen LogP contribution in [0.5, 0.6) is 0 Å². The first-order valence-electron chi connectivity index (χ1n) is 5.97. The number of pyridine rings is 1. The van der Waals surface area contributed by atoms with Crippen molar-refractivity contribution in [1.82, 2.24) is 14.8 Å². The van der Waals surface area contributed by atoms with Crippen molar-refractivity contribution in [2.45, 2.75) is 6.92 Å². The predicted octanol–water partition coefficient (Wildman–Crippen LogP) is 2.59. The number of benzene rings is 1. The fourth-order valence-electron chi connectivity index (χ4n) is 2.08. The number of halogens is 1. The van der Waals surface area contributed by atoms with E-state index in [1.54, 1.807) is 10.9 Å². The highest BCUT2D eigenvalue weighted by Gasteiger charge is 2.16. The second-order valence-electron chi connectivity index (χ2n) is 4.48. The van der Waals surface area contributed by atoms with Gasteiger partial charge in [0.15, 0.2) is 11.5 Å². The van der Waals surface area contributed by atoms with Crippen molar-refractivity contribution < 1.29 is 4.79 Å². The Morgan fingerprint density at radius 1 is 1.30 bits per heavy atom. The van der Waals surface area contributed by atoms with Gasteiger partial charge in [-0.3, -0.25) is 4.79 Å². The number of hydrogen-bond acceptors (Lipinski definition) is 3. The summed E-state index contributed by atoms with van der Waals surface area (Å²) >= 11 is 3.39. The van der Waals surface area contributed by atoms with E-state index >= 15 is 0 Å². The maximum absolute atomic E-state index is 11.5. The molecule has 0 bridgehead atoms. The van der Waals surface area contributed by atoms with E-state index in [2.05, 4.69) is 26.0 Å². The molecule has 0 spiro atoms. The number of aromatic nitrogens is 3. The highest BCUT2D eigenvalue weighted by atomic mass is 79.9. The van der Waals surface area contributed by atoms with Crippen molar-refractivity contribution >= 4 is 32.7 Å². The number of carbonyl (C=O) groups is 1. The van der Waals surface area contributed by atoms with Gasteiger partial charge in [0.25, 0.3) is 5.91 Å². The third-order valence-corrected chi connectivity index (χ3v) is 3.49. The topological polar surface area (TPSA) is 73.8 Å². The van der Waals surface area contributed by atoms with Crippen LogP contribution < -0.4 is 5.73 Å². The number of carbonyl (C=O) groups excluding carboxylic acids is 1. The Balaban J connectivity index is 2.34. The Morgan fingerprint density at radius 3 is 2.80 bits per heavy atom. The Labute approximate surface area is 123 Å². The van der Waals surface area contributed by atoms with Gasteiger partial charge in [-0.05, 0) is 42.8 Å². The summed E-state index contributed by atoms with van der Waals surface area (Å²) < 4.78 is 2.50. The van der Waals surface area contributed by atoms with Gasteiger partial charge in [-0.15, -0.1) is 0 Å². The number of fused-ring (bicyclic) bond motifs is 1. The number of nitrogens with zero attached hydrogens (tertiary/aromatic N) is 3. The molecule has 1 amide bonds. The Hall–Kier alpha value is -2.21. The predicted molar refractivity (Wildman–Crippen MR) is 79.8 cm³/mol. The van der Waals surface area contributed by atoms with Gasteiger partial charge in [0.1, 0.15) is 0 Å². The van der Waals surface area contributed by atoms with Crippen LogP contribution in [0.15, 0.2) is 41.0 Å². The van der Waals surface area contributed by atoms with Crippen LogP contribution in [0.3, 0.4) is 0 Å². The number of nitrogens with two attached hydrogens (primary N) is 1. The molecule has 2 N–H and O–H groups in total. The number of primary amides is 1. The van der Waals surface area contributed by atoms with E-state index in [9.17, 15) is 4.79 Å². The molecule has 3 rings (SSSR count). The highest BCUT2D eigenvalue weighted by Crippen LogP contribution is 2.25. The molecule has 0 fully saturated rings. The molecule has 0 saturated heterocycles. The maximum atomic E-state index is 11.5. The summed E-state index contributed by atoms with van der Waals surface area (Å²) in [6.45, 7) is 1.97. The highest BCUT2D eigenvalue weighted by molar-refractivity contribution is 9.10. The van der Waals surface area contributed by atoms with Crippen molar-refractivity contribution in [1.29, 1.82) is 0 Å². The van der Waals surface area contributed by atoms with Gasteiger partial charge in [0.05, 0.1) is 5.52 Å². The SMILES string of the molecule is Cc1ccnc(-n2nc(C(N)=O)c3cc(Br)ccc32)c1. The molecule has 0 unspecified atom stereocenters. The molecule has 0 aliphatic carbocycles. The lowest BCUT2D eigenvalue weighted by Crippen LogP contribution is -2.12. The molecule has 0 saturated carbocycles. The van der Waals surface area contributed by atoms with Gasteiger partial charge in [-0.25, -0.2) is 9.67 Å².